The highest BCUT2D eigenvalue weighted by molar-refractivity contribution is 5.02. The maximum atomic E-state index is 2.59. The van der Waals surface area contributed by atoms with Crippen LogP contribution in [-0.2, 0) is 0 Å². The molecular formula is C122H240. The van der Waals surface area contributed by atoms with E-state index in [0.717, 1.165) is 142 Å². The summed E-state index contributed by atoms with van der Waals surface area (Å²) >= 11 is 0. The molecule has 12 aliphatic rings. The van der Waals surface area contributed by atoms with Crippen molar-refractivity contribution in [3.05, 3.63) is 97.2 Å². The molecule has 12 fully saturated rings. The second-order valence-corrected chi connectivity index (χ2v) is 45.0. The molecule has 0 aromatic heterocycles. The van der Waals surface area contributed by atoms with Crippen molar-refractivity contribution < 1.29 is 17.1 Å². The van der Waals surface area contributed by atoms with Crippen LogP contribution < -0.4 is 0 Å². The average molecular weight is 1710 g/mol. The summed E-state index contributed by atoms with van der Waals surface area (Å²) in [7, 11) is 0. The highest BCUT2D eigenvalue weighted by Gasteiger charge is 2.34. The van der Waals surface area contributed by atoms with E-state index in [4.69, 9.17) is 0 Å². The van der Waals surface area contributed by atoms with Crippen LogP contribution in [0.4, 0.5) is 0 Å². The Hall–Kier alpha value is -2.08. The summed E-state index contributed by atoms with van der Waals surface area (Å²) in [5, 5.41) is 0. The first-order chi connectivity index (χ1) is 59.9. The Morgan fingerprint density at radius 2 is 0.303 bits per heavy atom. The smallest absolute Gasteiger partial charge is 0 e. The van der Waals surface area contributed by atoms with Crippen molar-refractivity contribution >= 4 is 0 Å². The Kier molecular flexibility index (Phi) is 59.6. The van der Waals surface area contributed by atoms with Crippen molar-refractivity contribution in [1.82, 2.24) is 0 Å². The molecule has 12 rings (SSSR count). The molecule has 12 saturated carbocycles. The third kappa shape index (κ3) is 45.6. The van der Waals surface area contributed by atoms with Gasteiger partial charge in [0, 0.05) is 17.1 Å². The molecule has 12 aliphatic carbocycles. The molecule has 0 heteroatoms. The Bertz CT molecular complexity index is 2660. The van der Waals surface area contributed by atoms with Gasteiger partial charge in [0.2, 0.25) is 0 Å². The maximum absolute atomic E-state index is 2.59. The minimum Gasteiger partial charge on any atom is -0.0914 e. The summed E-state index contributed by atoms with van der Waals surface area (Å²) in [4.78, 5) is 0. The van der Waals surface area contributed by atoms with Crippen LogP contribution in [0.2, 0.25) is 0 Å². The van der Waals surface area contributed by atoms with Crippen molar-refractivity contribution in [2.24, 2.45) is 142 Å². The second kappa shape index (κ2) is 68.0. The fourth-order valence-electron chi connectivity index (χ4n) is 26.9. The first-order valence-electron chi connectivity index (χ1n) is 57.2. The van der Waals surface area contributed by atoms with Crippen LogP contribution in [0.5, 0.6) is 0 Å². The lowest BCUT2D eigenvalue weighted by molar-refractivity contribution is 0.151. The summed E-state index contributed by atoms with van der Waals surface area (Å²) in [6, 6.07) is 0. The molecule has 122 heavy (non-hydrogen) atoms. The topological polar surface area (TPSA) is 0 Å². The molecule has 0 aliphatic heterocycles. The molecule has 0 aromatic rings. The van der Waals surface area contributed by atoms with Crippen LogP contribution in [0.15, 0.2) is 97.2 Å². The van der Waals surface area contributed by atoms with Gasteiger partial charge in [-0.2, -0.15) is 0 Å². The zero-order chi connectivity index (χ0) is 86.7. The Labute approximate surface area is 784 Å². The van der Waals surface area contributed by atoms with E-state index in [-0.39, 0.29) is 17.1 Å². The van der Waals surface area contributed by atoms with E-state index in [9.17, 15) is 0 Å². The predicted molar refractivity (Wildman–Crippen MR) is 574 cm³/mol. The molecule has 0 N–H and O–H groups in total. The zero-order valence-corrected chi connectivity index (χ0v) is 84.6. The van der Waals surface area contributed by atoms with Gasteiger partial charge in [0.15, 0.2) is 0 Å². The lowest BCUT2D eigenvalue weighted by Gasteiger charge is -2.37. The van der Waals surface area contributed by atoms with Crippen LogP contribution in [0.25, 0.3) is 0 Å². The molecule has 0 bridgehead atoms. The standard InChI is InChI=1S/2C21H38.2C21H36.2C19H34.12H2/c4*1-3-5-7-19-10-14-21(15-11-19)17-16-20-12-8-18(6-4-2)9-13-20;2*1-3-5-7-17-10-14-19(15-11-17)18-12-8-16(6-4-2)9-13-18;;;;;;;;;;;;/h5,7,18-21H,3-4,6,8-17H2,1-2H3;4,6,18-21H,3,5,7-17H2,1-2H3;5,7,16-21H,3-4,6,8-15H2,1-2H3;4,6,16-21H,3,5,7-15H2,1-2H3;5,7,16-19H,3-4,6,8-15H2,1-2H3;4,6,16-19H,3,5,7-15H2,1-2H3;12*1H/b7-5+;6-4+;7-5+,17-16+;6-4+,17-16+;7-5+;6-4+;;;;;;;;;;;;. The second-order valence-electron chi connectivity index (χ2n) is 45.0. The molecule has 0 amide bonds. The largest absolute Gasteiger partial charge is 0.0914 e. The van der Waals surface area contributed by atoms with Crippen molar-refractivity contribution in [3.63, 3.8) is 0 Å². The normalized spacial score (nSPS) is 35.2. The Balaban J connectivity index is -0.000000361. The van der Waals surface area contributed by atoms with Gasteiger partial charge >= 0.3 is 0 Å². The highest BCUT2D eigenvalue weighted by atomic mass is 14.4. The molecule has 0 spiro atoms. The van der Waals surface area contributed by atoms with Crippen LogP contribution in [-0.4, -0.2) is 0 Å². The van der Waals surface area contributed by atoms with Gasteiger partial charge in [0.1, 0.15) is 0 Å². The van der Waals surface area contributed by atoms with Gasteiger partial charge in [-0.1, -0.05) is 359 Å². The van der Waals surface area contributed by atoms with E-state index >= 15 is 0 Å². The van der Waals surface area contributed by atoms with E-state index < -0.39 is 0 Å². The molecule has 0 radical (unpaired) electrons. The van der Waals surface area contributed by atoms with Crippen molar-refractivity contribution in [2.75, 3.05) is 0 Å². The van der Waals surface area contributed by atoms with Crippen molar-refractivity contribution in [3.8, 4) is 0 Å². The Morgan fingerprint density at radius 1 is 0.156 bits per heavy atom. The van der Waals surface area contributed by atoms with Gasteiger partial charge in [0.05, 0.1) is 0 Å². The van der Waals surface area contributed by atoms with Crippen LogP contribution in [0.1, 0.15) is 550 Å². The third-order valence-electron chi connectivity index (χ3n) is 35.5. The summed E-state index contributed by atoms with van der Waals surface area (Å²) in [6.07, 6.45) is 142. The molecule has 0 atom stereocenters. The van der Waals surface area contributed by atoms with E-state index in [1.165, 1.54) is 360 Å². The van der Waals surface area contributed by atoms with Crippen LogP contribution >= 0.6 is 0 Å². The van der Waals surface area contributed by atoms with Gasteiger partial charge in [-0.3, -0.25) is 0 Å². The predicted octanol–water partition coefficient (Wildman–Crippen LogP) is 43.8. The molecular weight excluding hydrogens is 1470 g/mol. The lowest BCUT2D eigenvalue weighted by Crippen LogP contribution is -2.25. The molecule has 728 valence electrons. The van der Waals surface area contributed by atoms with E-state index in [1.54, 1.807) is 89.9 Å². The summed E-state index contributed by atoms with van der Waals surface area (Å²) < 4.78 is 0. The van der Waals surface area contributed by atoms with Gasteiger partial charge in [-0.15, -0.1) is 0 Å². The lowest BCUT2D eigenvalue weighted by atomic mass is 9.68. The summed E-state index contributed by atoms with van der Waals surface area (Å²) in [6.45, 7) is 27.2. The molecule has 0 aromatic carbocycles. The summed E-state index contributed by atoms with van der Waals surface area (Å²) in [5.74, 6) is 23.9. The fourth-order valence-corrected chi connectivity index (χ4v) is 26.9. The minimum absolute atomic E-state index is 0. The molecule has 0 heterocycles. The number of unbranched alkanes of at least 4 members (excludes halogenated alkanes) is 3. The van der Waals surface area contributed by atoms with Crippen molar-refractivity contribution in [2.45, 2.75) is 533 Å². The van der Waals surface area contributed by atoms with Gasteiger partial charge < -0.3 is 0 Å². The summed E-state index contributed by atoms with van der Waals surface area (Å²) in [5.41, 5.74) is 0. The van der Waals surface area contributed by atoms with Crippen molar-refractivity contribution in [1.29, 1.82) is 0 Å². The highest BCUT2D eigenvalue weighted by Crippen LogP contribution is 2.47. The number of rotatable bonds is 36. The van der Waals surface area contributed by atoms with Gasteiger partial charge in [-0.05, 0) is 413 Å². The molecule has 0 nitrogen and oxygen atoms in total. The zero-order valence-electron chi connectivity index (χ0n) is 84.6. The first kappa shape index (κ1) is 107. The van der Waals surface area contributed by atoms with E-state index in [0.29, 0.717) is 0 Å². The molecule has 0 saturated heterocycles. The Morgan fingerprint density at radius 3 is 0.492 bits per heavy atom. The average Bonchev–Trinajstić information content (AvgIpc) is 0.848. The number of hydrogen-bond donors (Lipinski definition) is 0. The number of hydrogen-bond acceptors (Lipinski definition) is 0. The first-order valence-corrected chi connectivity index (χ1v) is 57.2. The van der Waals surface area contributed by atoms with Crippen LogP contribution in [0, 0.1) is 142 Å². The fraction of sp³-hybridized carbons (Fsp3) is 0.869. The van der Waals surface area contributed by atoms with Gasteiger partial charge in [0.25, 0.3) is 0 Å². The maximum Gasteiger partial charge on any atom is 0 e. The SMILES string of the molecule is C/C=C/C1CCC(/C=C/C2CCC(CCCC)CC2)CC1.C/C=C/C1CCC(C2CCC(CCCC)CC2)CC1.C/C=C/C1CCC(CCC2CCC(CCCC)CC2)CC1.CC/C=C/C1CCC(/C=C/C2CCC(CCC)CC2)CC1.CC/C=C/C1CCC(C2CCC(CCC)CC2)CC1.CC/C=C/C1CCC(CCC2CCC(CCC)CC2)CC1.[HH].[HH].[HH].[HH].[HH].[HH].[HH].[HH].[HH].[HH].[HH].[HH]. The van der Waals surface area contributed by atoms with Gasteiger partial charge in [-0.25, -0.2) is 0 Å². The van der Waals surface area contributed by atoms with E-state index in [1.807, 2.05) is 0 Å². The quantitative estimate of drug-likeness (QED) is 0.0549. The van der Waals surface area contributed by atoms with E-state index in [2.05, 4.69) is 180 Å². The third-order valence-corrected chi connectivity index (χ3v) is 35.5. The van der Waals surface area contributed by atoms with Crippen LogP contribution in [0.3, 0.4) is 0 Å². The number of allylic oxidation sites excluding steroid dienone is 16. The molecule has 0 unspecified atom stereocenters. The monoisotopic (exact) mass is 1710 g/mol. The minimum atomic E-state index is 0.